The van der Waals surface area contributed by atoms with Crippen LogP contribution in [0.3, 0.4) is 0 Å². The van der Waals surface area contributed by atoms with Gasteiger partial charge in [-0.1, -0.05) is 32.4 Å². The molecule has 0 aromatic rings. The molecular formula is C11H20O. The van der Waals surface area contributed by atoms with Crippen LogP contribution in [0.5, 0.6) is 0 Å². The van der Waals surface area contributed by atoms with Crippen molar-refractivity contribution in [3.05, 3.63) is 11.6 Å². The minimum atomic E-state index is 0.312. The first-order chi connectivity index (χ1) is 5.57. The molecule has 1 aliphatic rings. The average Bonchev–Trinajstić information content (AvgIpc) is 2.01. The number of hydrogen-bond acceptors (Lipinski definition) is 1. The van der Waals surface area contributed by atoms with E-state index in [1.165, 1.54) is 12.0 Å². The second kappa shape index (κ2) is 3.61. The Bertz CT molecular complexity index is 179. The van der Waals surface area contributed by atoms with Crippen molar-refractivity contribution in [3.8, 4) is 0 Å². The highest BCUT2D eigenvalue weighted by molar-refractivity contribution is 5.11. The Balaban J connectivity index is 2.71. The molecule has 0 aliphatic heterocycles. The predicted octanol–water partition coefficient (Wildman–Crippen LogP) is 2.75. The van der Waals surface area contributed by atoms with Crippen molar-refractivity contribution in [2.24, 2.45) is 11.3 Å². The lowest BCUT2D eigenvalue weighted by Crippen LogP contribution is -2.23. The normalized spacial score (nSPS) is 28.3. The molecule has 1 unspecified atom stereocenters. The zero-order chi connectivity index (χ0) is 9.19. The molecule has 1 aliphatic carbocycles. The lowest BCUT2D eigenvalue weighted by atomic mass is 9.72. The van der Waals surface area contributed by atoms with E-state index in [0.717, 1.165) is 12.8 Å². The molecule has 1 heteroatoms. The molecule has 70 valence electrons. The molecule has 1 rings (SSSR count). The van der Waals surface area contributed by atoms with E-state index < -0.39 is 0 Å². The monoisotopic (exact) mass is 168 g/mol. The van der Waals surface area contributed by atoms with Gasteiger partial charge in [-0.3, -0.25) is 0 Å². The Morgan fingerprint density at radius 1 is 1.58 bits per heavy atom. The molecule has 1 nitrogen and oxygen atoms in total. The summed E-state index contributed by atoms with van der Waals surface area (Å²) < 4.78 is 0. The van der Waals surface area contributed by atoms with Gasteiger partial charge >= 0.3 is 0 Å². The summed E-state index contributed by atoms with van der Waals surface area (Å²) in [7, 11) is 0. The molecule has 0 fully saturated rings. The first-order valence-electron chi connectivity index (χ1n) is 4.88. The Kier molecular flexibility index (Phi) is 2.94. The van der Waals surface area contributed by atoms with E-state index in [-0.39, 0.29) is 0 Å². The quantitative estimate of drug-likeness (QED) is 0.629. The molecular weight excluding hydrogens is 148 g/mol. The van der Waals surface area contributed by atoms with Crippen molar-refractivity contribution in [1.29, 1.82) is 0 Å². The summed E-state index contributed by atoms with van der Waals surface area (Å²) in [5.74, 6) is 0.406. The van der Waals surface area contributed by atoms with Gasteiger partial charge in [-0.15, -0.1) is 0 Å². The summed E-state index contributed by atoms with van der Waals surface area (Å²) in [6, 6.07) is 0. The number of hydrogen-bond donors (Lipinski definition) is 1. The lowest BCUT2D eigenvalue weighted by Gasteiger charge is -2.33. The van der Waals surface area contributed by atoms with Gasteiger partial charge in [-0.25, -0.2) is 0 Å². The third-order valence-electron chi connectivity index (χ3n) is 2.68. The van der Waals surface area contributed by atoms with Crippen molar-refractivity contribution in [2.45, 2.75) is 40.0 Å². The fraction of sp³-hybridized carbons (Fsp3) is 0.818. The maximum atomic E-state index is 9.09. The Labute approximate surface area is 75.5 Å². The van der Waals surface area contributed by atoms with Gasteiger partial charge in [0, 0.05) is 12.5 Å². The van der Waals surface area contributed by atoms with E-state index >= 15 is 0 Å². The number of aliphatic hydroxyl groups is 1. The van der Waals surface area contributed by atoms with Crippen molar-refractivity contribution < 1.29 is 5.11 Å². The summed E-state index contributed by atoms with van der Waals surface area (Å²) in [5, 5.41) is 9.09. The zero-order valence-electron chi connectivity index (χ0n) is 8.43. The second-order valence-corrected chi connectivity index (χ2v) is 4.67. The van der Waals surface area contributed by atoms with Crippen LogP contribution in [-0.4, -0.2) is 11.7 Å². The van der Waals surface area contributed by atoms with Crippen molar-refractivity contribution in [2.75, 3.05) is 6.61 Å². The first-order valence-corrected chi connectivity index (χ1v) is 4.88. The second-order valence-electron chi connectivity index (χ2n) is 4.67. The average molecular weight is 168 g/mol. The fourth-order valence-corrected chi connectivity index (χ4v) is 2.21. The minimum absolute atomic E-state index is 0.312. The topological polar surface area (TPSA) is 20.2 Å². The van der Waals surface area contributed by atoms with Crippen LogP contribution in [-0.2, 0) is 0 Å². The van der Waals surface area contributed by atoms with Gasteiger partial charge < -0.3 is 5.11 Å². The van der Waals surface area contributed by atoms with E-state index in [9.17, 15) is 0 Å². The number of allylic oxidation sites excluding steroid dienone is 1. The summed E-state index contributed by atoms with van der Waals surface area (Å²) in [5.41, 5.74) is 1.92. The van der Waals surface area contributed by atoms with E-state index in [4.69, 9.17) is 5.11 Å². The summed E-state index contributed by atoms with van der Waals surface area (Å²) in [6.45, 7) is 7.09. The Morgan fingerprint density at radius 3 is 2.75 bits per heavy atom. The van der Waals surface area contributed by atoms with E-state index in [1.54, 1.807) is 0 Å². The van der Waals surface area contributed by atoms with Gasteiger partial charge in [0.25, 0.3) is 0 Å². The molecule has 0 amide bonds. The maximum absolute atomic E-state index is 9.09. The van der Waals surface area contributed by atoms with Crippen LogP contribution in [0.25, 0.3) is 0 Å². The van der Waals surface area contributed by atoms with Crippen LogP contribution >= 0.6 is 0 Å². The third-order valence-corrected chi connectivity index (χ3v) is 2.68. The van der Waals surface area contributed by atoms with Crippen LogP contribution in [0.15, 0.2) is 11.6 Å². The molecule has 0 bridgehead atoms. The number of aliphatic hydroxyl groups excluding tert-OH is 1. The Hall–Kier alpha value is -0.300. The first kappa shape index (κ1) is 9.79. The number of rotatable bonds is 2. The highest BCUT2D eigenvalue weighted by atomic mass is 16.3. The van der Waals surface area contributed by atoms with Crippen LogP contribution in [0.4, 0.5) is 0 Å². The predicted molar refractivity (Wildman–Crippen MR) is 52.0 cm³/mol. The molecule has 0 radical (unpaired) electrons. The van der Waals surface area contributed by atoms with E-state index in [2.05, 4.69) is 26.8 Å². The summed E-state index contributed by atoms with van der Waals surface area (Å²) in [4.78, 5) is 0. The Morgan fingerprint density at radius 2 is 2.25 bits per heavy atom. The molecule has 0 spiro atoms. The SMILES string of the molecule is CCC1=CC(CO)CC(C)(C)C1. The van der Waals surface area contributed by atoms with Gasteiger partial charge in [0.2, 0.25) is 0 Å². The summed E-state index contributed by atoms with van der Waals surface area (Å²) >= 11 is 0. The molecule has 1 N–H and O–H groups in total. The molecule has 0 heterocycles. The molecule has 1 atom stereocenters. The van der Waals surface area contributed by atoms with Crippen LogP contribution < -0.4 is 0 Å². The highest BCUT2D eigenvalue weighted by Gasteiger charge is 2.27. The van der Waals surface area contributed by atoms with Crippen molar-refractivity contribution in [3.63, 3.8) is 0 Å². The largest absolute Gasteiger partial charge is 0.396 e. The fourth-order valence-electron chi connectivity index (χ4n) is 2.21. The van der Waals surface area contributed by atoms with Crippen LogP contribution in [0.1, 0.15) is 40.0 Å². The van der Waals surface area contributed by atoms with Crippen molar-refractivity contribution in [1.82, 2.24) is 0 Å². The standard InChI is InChI=1S/C11H20O/c1-4-9-5-10(8-12)7-11(2,3)6-9/h5,10,12H,4,6-8H2,1-3H3. The minimum Gasteiger partial charge on any atom is -0.396 e. The molecule has 12 heavy (non-hydrogen) atoms. The van der Waals surface area contributed by atoms with E-state index in [0.29, 0.717) is 17.9 Å². The smallest absolute Gasteiger partial charge is 0.0494 e. The van der Waals surface area contributed by atoms with Crippen molar-refractivity contribution >= 4 is 0 Å². The van der Waals surface area contributed by atoms with Crippen LogP contribution in [0, 0.1) is 11.3 Å². The lowest BCUT2D eigenvalue weighted by molar-refractivity contribution is 0.184. The summed E-state index contributed by atoms with van der Waals surface area (Å²) in [6.07, 6.45) is 5.75. The highest BCUT2D eigenvalue weighted by Crippen LogP contribution is 2.38. The van der Waals surface area contributed by atoms with Gasteiger partial charge in [-0.05, 0) is 24.7 Å². The molecule has 0 saturated carbocycles. The van der Waals surface area contributed by atoms with Crippen LogP contribution in [0.2, 0.25) is 0 Å². The zero-order valence-corrected chi connectivity index (χ0v) is 8.43. The van der Waals surface area contributed by atoms with Gasteiger partial charge in [-0.2, -0.15) is 0 Å². The van der Waals surface area contributed by atoms with E-state index in [1.807, 2.05) is 0 Å². The molecule has 0 aromatic carbocycles. The van der Waals surface area contributed by atoms with Gasteiger partial charge in [0.05, 0.1) is 0 Å². The molecule has 0 saturated heterocycles. The van der Waals surface area contributed by atoms with Gasteiger partial charge in [0.15, 0.2) is 0 Å². The maximum Gasteiger partial charge on any atom is 0.0494 e. The third kappa shape index (κ3) is 2.34. The molecule has 0 aromatic heterocycles. The van der Waals surface area contributed by atoms with Gasteiger partial charge in [0.1, 0.15) is 0 Å².